The highest BCUT2D eigenvalue weighted by Gasteiger charge is 2.43. The molecule has 9 unspecified atom stereocenters. The summed E-state index contributed by atoms with van der Waals surface area (Å²) < 4.78 is 17.4. The zero-order chi connectivity index (χ0) is 43.0. The smallest absolute Gasteiger partial charge is 0.245 e. The van der Waals surface area contributed by atoms with Crippen molar-refractivity contribution in [2.75, 3.05) is 61.2 Å². The van der Waals surface area contributed by atoms with E-state index in [1.165, 1.54) is 0 Å². The molecule has 0 saturated carbocycles. The predicted octanol–water partition coefficient (Wildman–Crippen LogP) is 3.25. The quantitative estimate of drug-likeness (QED) is 0.108. The number of aliphatic hydroxyl groups is 2. The van der Waals surface area contributed by atoms with Gasteiger partial charge in [0.05, 0.1) is 74.6 Å². The van der Waals surface area contributed by atoms with Crippen molar-refractivity contribution in [3.8, 4) is 0 Å². The Kier molecular flexibility index (Phi) is 21.7. The summed E-state index contributed by atoms with van der Waals surface area (Å²) in [7, 11) is 6.67. The maximum atomic E-state index is 14.4. The first-order valence-corrected chi connectivity index (χ1v) is 20.8. The van der Waals surface area contributed by atoms with Crippen LogP contribution in [0.25, 0.3) is 0 Å². The molecule has 326 valence electrons. The van der Waals surface area contributed by atoms with E-state index in [0.29, 0.717) is 31.7 Å². The SMILES string of the molecule is CCC(C)C(C(CC(=O)N1CCC[C@H]1C(OC)C(C)C(=O)NC(C)C(O)c1ccccc1)OC)N(C)C(=O)C(NC(=O)C(C(C)C)N(C)CCOCCO)C(C)C. The lowest BCUT2D eigenvalue weighted by Gasteiger charge is -2.41. The number of hydrogen-bond donors (Lipinski definition) is 4. The summed E-state index contributed by atoms with van der Waals surface area (Å²) in [6.07, 6.45) is 0.00162. The van der Waals surface area contributed by atoms with Gasteiger partial charge in [-0.3, -0.25) is 24.1 Å². The van der Waals surface area contributed by atoms with E-state index in [9.17, 15) is 24.3 Å². The third kappa shape index (κ3) is 14.0. The fourth-order valence-corrected chi connectivity index (χ4v) is 8.18. The van der Waals surface area contributed by atoms with E-state index in [1.54, 1.807) is 44.9 Å². The number of likely N-dealkylation sites (tertiary alicyclic amines) is 1. The van der Waals surface area contributed by atoms with Crippen molar-refractivity contribution in [3.05, 3.63) is 35.9 Å². The highest BCUT2D eigenvalue weighted by atomic mass is 16.5. The van der Waals surface area contributed by atoms with Gasteiger partial charge in [-0.2, -0.15) is 0 Å². The van der Waals surface area contributed by atoms with E-state index in [-0.39, 0.29) is 67.1 Å². The number of hydrogen-bond acceptors (Lipinski definition) is 10. The maximum Gasteiger partial charge on any atom is 0.245 e. The molecule has 14 nitrogen and oxygen atoms in total. The zero-order valence-electron chi connectivity index (χ0n) is 36.8. The van der Waals surface area contributed by atoms with E-state index < -0.39 is 48.4 Å². The predicted molar refractivity (Wildman–Crippen MR) is 221 cm³/mol. The van der Waals surface area contributed by atoms with Crippen molar-refractivity contribution in [1.82, 2.24) is 25.3 Å². The molecule has 1 aromatic rings. The highest BCUT2D eigenvalue weighted by molar-refractivity contribution is 5.90. The number of nitrogens with one attached hydrogen (secondary N) is 2. The molecule has 1 fully saturated rings. The molecule has 1 heterocycles. The molecule has 0 bridgehead atoms. The Bertz CT molecular complexity index is 1370. The number of aliphatic hydroxyl groups excluding tert-OH is 2. The molecule has 14 heteroatoms. The molecule has 1 aliphatic heterocycles. The number of carbonyl (C=O) groups excluding carboxylic acids is 4. The number of likely N-dealkylation sites (N-methyl/N-ethyl adjacent to an activating group) is 2. The molecule has 57 heavy (non-hydrogen) atoms. The van der Waals surface area contributed by atoms with Gasteiger partial charge in [0, 0.05) is 34.4 Å². The summed E-state index contributed by atoms with van der Waals surface area (Å²) in [5.41, 5.74) is 0.703. The van der Waals surface area contributed by atoms with Crippen LogP contribution in [0, 0.1) is 23.7 Å². The topological polar surface area (TPSA) is 170 Å². The molecule has 1 aliphatic rings. The number of ether oxygens (including phenoxy) is 3. The van der Waals surface area contributed by atoms with Crippen LogP contribution in [0.2, 0.25) is 0 Å². The fraction of sp³-hybridized carbons (Fsp3) is 0.767. The van der Waals surface area contributed by atoms with Gasteiger partial charge in [-0.1, -0.05) is 85.2 Å². The van der Waals surface area contributed by atoms with Gasteiger partial charge in [0.1, 0.15) is 6.04 Å². The number of nitrogens with zero attached hydrogens (tertiary/aromatic N) is 3. The van der Waals surface area contributed by atoms with E-state index >= 15 is 0 Å². The minimum absolute atomic E-state index is 0.00815. The average Bonchev–Trinajstić information content (AvgIpc) is 3.67. The molecule has 0 aromatic heterocycles. The van der Waals surface area contributed by atoms with Crippen LogP contribution in [0.5, 0.6) is 0 Å². The second kappa shape index (κ2) is 24.7. The lowest BCUT2D eigenvalue weighted by Crippen LogP contribution is -2.60. The number of benzene rings is 1. The number of amides is 4. The standard InChI is InChI=1S/C43H75N5O9/c1-13-29(6)38(47(10)43(54)36(27(2)3)45-42(53)37(28(4)5)46(9)22-24-57-25-23-49)34(55-11)26-35(50)48-21-17-20-33(48)40(56-12)30(7)41(52)44-31(8)39(51)32-18-15-14-16-19-32/h14-16,18-19,27-31,33-34,36-40,49,51H,13,17,20-26H2,1-12H3,(H,44,52)(H,45,53)/t29?,30?,31?,33-,34?,36?,37?,38?,39?,40?/m0/s1. The monoisotopic (exact) mass is 806 g/mol. The van der Waals surface area contributed by atoms with Crippen LogP contribution < -0.4 is 10.6 Å². The molecule has 2 rings (SSSR count). The summed E-state index contributed by atoms with van der Waals surface area (Å²) in [6.45, 7) is 16.8. The maximum absolute atomic E-state index is 14.4. The summed E-state index contributed by atoms with van der Waals surface area (Å²) in [5.74, 6) is -1.90. The summed E-state index contributed by atoms with van der Waals surface area (Å²) in [6, 6.07) is 6.44. The highest BCUT2D eigenvalue weighted by Crippen LogP contribution is 2.30. The second-order valence-corrected chi connectivity index (χ2v) is 16.5. The first-order chi connectivity index (χ1) is 27.0. The molecule has 4 amide bonds. The number of carbonyl (C=O) groups is 4. The minimum atomic E-state index is -0.887. The molecular weight excluding hydrogens is 730 g/mol. The molecule has 1 saturated heterocycles. The first kappa shape index (κ1) is 50.0. The van der Waals surface area contributed by atoms with E-state index in [1.807, 2.05) is 83.8 Å². The Hall–Kier alpha value is -3.14. The summed E-state index contributed by atoms with van der Waals surface area (Å²) in [5, 5.41) is 25.9. The largest absolute Gasteiger partial charge is 0.394 e. The van der Waals surface area contributed by atoms with Crippen LogP contribution in [0.15, 0.2) is 30.3 Å². The lowest BCUT2D eigenvalue weighted by atomic mass is 9.89. The van der Waals surface area contributed by atoms with Crippen LogP contribution in [0.3, 0.4) is 0 Å². The summed E-state index contributed by atoms with van der Waals surface area (Å²) >= 11 is 0. The van der Waals surface area contributed by atoms with Crippen LogP contribution in [-0.2, 0) is 33.4 Å². The van der Waals surface area contributed by atoms with Crippen LogP contribution in [-0.4, -0.2) is 152 Å². The van der Waals surface area contributed by atoms with Crippen molar-refractivity contribution in [1.29, 1.82) is 0 Å². The van der Waals surface area contributed by atoms with Crippen molar-refractivity contribution < 1.29 is 43.6 Å². The van der Waals surface area contributed by atoms with Crippen LogP contribution >= 0.6 is 0 Å². The van der Waals surface area contributed by atoms with Gasteiger partial charge >= 0.3 is 0 Å². The van der Waals surface area contributed by atoms with Crippen molar-refractivity contribution in [2.45, 2.75) is 130 Å². The van der Waals surface area contributed by atoms with Crippen molar-refractivity contribution >= 4 is 23.6 Å². The van der Waals surface area contributed by atoms with E-state index in [0.717, 1.165) is 12.8 Å². The minimum Gasteiger partial charge on any atom is -0.394 e. The van der Waals surface area contributed by atoms with Crippen LogP contribution in [0.4, 0.5) is 0 Å². The molecule has 0 aliphatic carbocycles. The Morgan fingerprint density at radius 1 is 0.912 bits per heavy atom. The molecule has 10 atom stereocenters. The molecule has 1 aromatic carbocycles. The van der Waals surface area contributed by atoms with Gasteiger partial charge in [0.15, 0.2) is 0 Å². The normalized spacial score (nSPS) is 19.4. The van der Waals surface area contributed by atoms with E-state index in [4.69, 9.17) is 19.3 Å². The fourth-order valence-electron chi connectivity index (χ4n) is 8.18. The van der Waals surface area contributed by atoms with Crippen molar-refractivity contribution in [3.63, 3.8) is 0 Å². The molecule has 0 spiro atoms. The van der Waals surface area contributed by atoms with Gasteiger partial charge in [-0.15, -0.1) is 0 Å². The number of methoxy groups -OCH3 is 2. The molecule has 0 radical (unpaired) electrons. The Balaban J connectivity index is 2.24. The Labute approximate surface area is 342 Å². The van der Waals surface area contributed by atoms with Crippen molar-refractivity contribution in [2.24, 2.45) is 23.7 Å². The zero-order valence-corrected chi connectivity index (χ0v) is 36.8. The molecular formula is C43H75N5O9. The third-order valence-electron chi connectivity index (χ3n) is 11.7. The second-order valence-electron chi connectivity index (χ2n) is 16.5. The average molecular weight is 806 g/mol. The molecule has 4 N–H and O–H groups in total. The van der Waals surface area contributed by atoms with Gasteiger partial charge in [0.2, 0.25) is 23.6 Å². The van der Waals surface area contributed by atoms with Crippen LogP contribution in [0.1, 0.15) is 92.7 Å². The summed E-state index contributed by atoms with van der Waals surface area (Å²) in [4.78, 5) is 61.3. The van der Waals surface area contributed by atoms with Gasteiger partial charge in [0.25, 0.3) is 0 Å². The lowest BCUT2D eigenvalue weighted by molar-refractivity contribution is -0.148. The first-order valence-electron chi connectivity index (χ1n) is 20.8. The Morgan fingerprint density at radius 2 is 1.56 bits per heavy atom. The third-order valence-corrected chi connectivity index (χ3v) is 11.7. The number of rotatable bonds is 25. The Morgan fingerprint density at radius 3 is 2.11 bits per heavy atom. The van der Waals surface area contributed by atoms with E-state index in [2.05, 4.69) is 10.6 Å². The van der Waals surface area contributed by atoms with Gasteiger partial charge < -0.3 is 44.9 Å². The van der Waals surface area contributed by atoms with Gasteiger partial charge in [-0.25, -0.2) is 0 Å². The van der Waals surface area contributed by atoms with Gasteiger partial charge in [-0.05, 0) is 50.1 Å².